The van der Waals surface area contributed by atoms with E-state index in [-0.39, 0.29) is 11.6 Å². The molecular formula is C26H28N6O4. The molecule has 0 unspecified atom stereocenters. The average molecular weight is 489 g/mol. The van der Waals surface area contributed by atoms with Crippen LogP contribution in [0.15, 0.2) is 74.7 Å². The molecule has 186 valence electrons. The Bertz CT molecular complexity index is 1460. The van der Waals surface area contributed by atoms with Crippen molar-refractivity contribution in [1.29, 1.82) is 0 Å². The summed E-state index contributed by atoms with van der Waals surface area (Å²) in [6.07, 6.45) is 4.00. The molecule has 0 fully saturated rings. The van der Waals surface area contributed by atoms with Crippen molar-refractivity contribution in [3.63, 3.8) is 0 Å². The lowest BCUT2D eigenvalue weighted by molar-refractivity contribution is 0.149. The minimum atomic E-state index is -0.176. The summed E-state index contributed by atoms with van der Waals surface area (Å²) in [6.45, 7) is 5.86. The Kier molecular flexibility index (Phi) is 6.94. The van der Waals surface area contributed by atoms with Crippen LogP contribution < -0.4 is 10.3 Å². The number of ether oxygens (including phenoxy) is 1. The largest absolute Gasteiger partial charge is 0.494 e. The Balaban J connectivity index is 1.50. The highest BCUT2D eigenvalue weighted by Gasteiger charge is 2.27. The van der Waals surface area contributed by atoms with Crippen LogP contribution in [0.1, 0.15) is 49.2 Å². The van der Waals surface area contributed by atoms with Gasteiger partial charge in [-0.05, 0) is 72.3 Å². The maximum atomic E-state index is 13.1. The highest BCUT2D eigenvalue weighted by Crippen LogP contribution is 2.27. The summed E-state index contributed by atoms with van der Waals surface area (Å²) >= 11 is 0. The molecule has 4 aromatic heterocycles. The number of tetrazole rings is 1. The van der Waals surface area contributed by atoms with E-state index < -0.39 is 0 Å². The van der Waals surface area contributed by atoms with E-state index in [9.17, 15) is 4.79 Å². The van der Waals surface area contributed by atoms with Crippen molar-refractivity contribution in [2.75, 3.05) is 6.61 Å². The van der Waals surface area contributed by atoms with Gasteiger partial charge in [-0.25, -0.2) is 4.68 Å². The molecule has 0 amide bonds. The minimum absolute atomic E-state index is 0.138. The smallest absolute Gasteiger partial charge is 0.252 e. The topological polar surface area (TPSA) is 115 Å². The van der Waals surface area contributed by atoms with Crippen molar-refractivity contribution in [2.24, 2.45) is 0 Å². The Labute approximate surface area is 207 Å². The van der Waals surface area contributed by atoms with Crippen LogP contribution in [0.4, 0.5) is 0 Å². The zero-order valence-corrected chi connectivity index (χ0v) is 20.3. The molecule has 10 nitrogen and oxygen atoms in total. The normalized spacial score (nSPS) is 12.4. The maximum absolute atomic E-state index is 13.1. The standard InChI is InChI=1S/C26H28N6O4/c1-3-24(25-28-29-30-32(25)17-22-8-6-12-36-22)31(16-21-7-5-11-35-21)15-19-13-18-14-20(34-4-2)9-10-23(18)27-26(19)33/h5-14,24H,3-4,15-17H2,1-2H3,(H,27,33)/t24-/m1/s1. The number of H-pyrrole nitrogens is 1. The molecule has 4 heterocycles. The lowest BCUT2D eigenvalue weighted by Gasteiger charge is -2.29. The highest BCUT2D eigenvalue weighted by atomic mass is 16.5. The molecule has 5 rings (SSSR count). The molecule has 1 atom stereocenters. The number of aromatic nitrogens is 5. The molecule has 0 saturated carbocycles. The fourth-order valence-electron chi connectivity index (χ4n) is 4.42. The van der Waals surface area contributed by atoms with E-state index >= 15 is 0 Å². The van der Waals surface area contributed by atoms with Crippen LogP contribution in [0, 0.1) is 0 Å². The number of aromatic amines is 1. The van der Waals surface area contributed by atoms with Gasteiger partial charge in [0, 0.05) is 23.0 Å². The first-order valence-electron chi connectivity index (χ1n) is 12.0. The van der Waals surface area contributed by atoms with E-state index in [1.165, 1.54) is 0 Å². The lowest BCUT2D eigenvalue weighted by atomic mass is 10.1. The number of nitrogens with one attached hydrogen (secondary N) is 1. The van der Waals surface area contributed by atoms with Crippen molar-refractivity contribution >= 4 is 10.9 Å². The predicted octanol–water partition coefficient (Wildman–Crippen LogP) is 4.30. The average Bonchev–Trinajstić information content (AvgIpc) is 3.65. The van der Waals surface area contributed by atoms with Crippen LogP contribution in [0.3, 0.4) is 0 Å². The Morgan fingerprint density at radius 2 is 1.86 bits per heavy atom. The summed E-state index contributed by atoms with van der Waals surface area (Å²) in [7, 11) is 0. The van der Waals surface area contributed by atoms with E-state index in [1.807, 2.05) is 55.5 Å². The third-order valence-corrected chi connectivity index (χ3v) is 6.09. The van der Waals surface area contributed by atoms with Crippen molar-refractivity contribution in [1.82, 2.24) is 30.1 Å². The number of nitrogens with zero attached hydrogens (tertiary/aromatic N) is 5. The third-order valence-electron chi connectivity index (χ3n) is 6.09. The van der Waals surface area contributed by atoms with E-state index in [4.69, 9.17) is 13.6 Å². The van der Waals surface area contributed by atoms with Crippen LogP contribution >= 0.6 is 0 Å². The lowest BCUT2D eigenvalue weighted by Crippen LogP contribution is -2.32. The summed E-state index contributed by atoms with van der Waals surface area (Å²) in [5.41, 5.74) is 1.26. The quantitative estimate of drug-likeness (QED) is 0.293. The van der Waals surface area contributed by atoms with E-state index in [0.717, 1.165) is 34.6 Å². The van der Waals surface area contributed by atoms with Crippen LogP contribution in [0.25, 0.3) is 10.9 Å². The van der Waals surface area contributed by atoms with Crippen molar-refractivity contribution in [3.8, 4) is 5.75 Å². The van der Waals surface area contributed by atoms with Crippen LogP contribution in [-0.2, 0) is 19.6 Å². The second kappa shape index (κ2) is 10.6. The minimum Gasteiger partial charge on any atom is -0.494 e. The van der Waals surface area contributed by atoms with E-state index in [2.05, 4.69) is 32.3 Å². The van der Waals surface area contributed by atoms with Crippen molar-refractivity contribution in [2.45, 2.75) is 45.9 Å². The fraction of sp³-hybridized carbons (Fsp3) is 0.308. The number of hydrogen-bond donors (Lipinski definition) is 1. The molecule has 0 bridgehead atoms. The van der Waals surface area contributed by atoms with E-state index in [0.29, 0.717) is 37.6 Å². The van der Waals surface area contributed by atoms with Crippen molar-refractivity contribution < 1.29 is 13.6 Å². The number of pyridine rings is 1. The second-order valence-corrected chi connectivity index (χ2v) is 8.49. The summed E-state index contributed by atoms with van der Waals surface area (Å²) < 4.78 is 18.5. The number of rotatable bonds is 11. The zero-order chi connectivity index (χ0) is 24.9. The first-order valence-corrected chi connectivity index (χ1v) is 12.0. The fourth-order valence-corrected chi connectivity index (χ4v) is 4.42. The Morgan fingerprint density at radius 3 is 2.58 bits per heavy atom. The van der Waals surface area contributed by atoms with Gasteiger partial charge in [0.25, 0.3) is 5.56 Å². The van der Waals surface area contributed by atoms with Gasteiger partial charge in [-0.2, -0.15) is 0 Å². The summed E-state index contributed by atoms with van der Waals surface area (Å²) in [4.78, 5) is 18.2. The Morgan fingerprint density at radius 1 is 1.06 bits per heavy atom. The number of benzene rings is 1. The molecule has 1 N–H and O–H groups in total. The van der Waals surface area contributed by atoms with Gasteiger partial charge in [0.2, 0.25) is 0 Å². The monoisotopic (exact) mass is 488 g/mol. The van der Waals surface area contributed by atoms with Gasteiger partial charge in [-0.15, -0.1) is 5.10 Å². The first-order chi connectivity index (χ1) is 17.6. The van der Waals surface area contributed by atoms with Crippen LogP contribution in [0.2, 0.25) is 0 Å². The number of fused-ring (bicyclic) bond motifs is 1. The molecule has 0 radical (unpaired) electrons. The van der Waals surface area contributed by atoms with Gasteiger partial charge >= 0.3 is 0 Å². The molecule has 0 saturated heterocycles. The van der Waals surface area contributed by atoms with Crippen LogP contribution in [0.5, 0.6) is 5.75 Å². The third kappa shape index (κ3) is 5.08. The molecule has 0 aliphatic heterocycles. The molecule has 0 aliphatic carbocycles. The molecule has 0 aliphatic rings. The van der Waals surface area contributed by atoms with Gasteiger partial charge in [0.05, 0.1) is 31.7 Å². The maximum Gasteiger partial charge on any atom is 0.252 e. The first kappa shape index (κ1) is 23.6. The molecule has 10 heteroatoms. The zero-order valence-electron chi connectivity index (χ0n) is 20.3. The molecule has 0 spiro atoms. The van der Waals surface area contributed by atoms with Gasteiger partial charge < -0.3 is 18.6 Å². The van der Waals surface area contributed by atoms with Gasteiger partial charge in [-0.3, -0.25) is 9.69 Å². The summed E-state index contributed by atoms with van der Waals surface area (Å²) in [5.74, 6) is 3.00. The Hall–Kier alpha value is -4.18. The second-order valence-electron chi connectivity index (χ2n) is 8.49. The van der Waals surface area contributed by atoms with E-state index in [1.54, 1.807) is 17.2 Å². The number of furan rings is 2. The van der Waals surface area contributed by atoms with Gasteiger partial charge in [0.1, 0.15) is 23.8 Å². The van der Waals surface area contributed by atoms with Crippen molar-refractivity contribution in [3.05, 3.63) is 94.3 Å². The summed E-state index contributed by atoms with van der Waals surface area (Å²) in [6, 6.07) is 14.9. The molecular weight excluding hydrogens is 460 g/mol. The van der Waals surface area contributed by atoms with Crippen LogP contribution in [-0.4, -0.2) is 36.7 Å². The van der Waals surface area contributed by atoms with Gasteiger partial charge in [-0.1, -0.05) is 6.92 Å². The highest BCUT2D eigenvalue weighted by molar-refractivity contribution is 5.80. The SMILES string of the molecule is CCOc1ccc2[nH]c(=O)c(CN(Cc3ccco3)[C@H](CC)c3nnnn3Cc3ccco3)cc2c1. The predicted molar refractivity (Wildman–Crippen MR) is 132 cm³/mol. The summed E-state index contributed by atoms with van der Waals surface area (Å²) in [5, 5.41) is 13.4. The molecule has 1 aromatic carbocycles. The number of hydrogen-bond acceptors (Lipinski definition) is 8. The van der Waals surface area contributed by atoms with Gasteiger partial charge in [0.15, 0.2) is 5.82 Å². The molecule has 5 aromatic rings. The molecule has 36 heavy (non-hydrogen) atoms.